The fourth-order valence-electron chi connectivity index (χ4n) is 3.11. The van der Waals surface area contributed by atoms with Gasteiger partial charge in [-0.05, 0) is 23.1 Å². The first-order chi connectivity index (χ1) is 12.4. The first-order valence-corrected chi connectivity index (χ1v) is 8.88. The zero-order valence-corrected chi connectivity index (χ0v) is 14.6. The smallest absolute Gasteiger partial charge is 0.0821 e. The van der Waals surface area contributed by atoms with Gasteiger partial charge in [-0.2, -0.15) is 5.48 Å². The molecule has 0 atom stereocenters. The number of nitrogens with zero attached hydrogens (tertiary/aromatic N) is 1. The average Bonchev–Trinajstić information content (AvgIpc) is 2.69. The monoisotopic (exact) mass is 334 g/mol. The molecule has 1 N–H and O–H groups in total. The van der Waals surface area contributed by atoms with Gasteiger partial charge in [-0.1, -0.05) is 79.4 Å². The molecule has 0 saturated carbocycles. The van der Waals surface area contributed by atoms with Gasteiger partial charge in [-0.25, -0.2) is 0 Å². The highest BCUT2D eigenvalue weighted by Crippen LogP contribution is 2.21. The molecule has 0 fully saturated rings. The average molecular weight is 334 g/mol. The van der Waals surface area contributed by atoms with Gasteiger partial charge in [0, 0.05) is 19.6 Å². The van der Waals surface area contributed by atoms with Gasteiger partial charge in [0.15, 0.2) is 0 Å². The maximum Gasteiger partial charge on any atom is 0.0821 e. The van der Waals surface area contributed by atoms with Gasteiger partial charge < -0.3 is 0 Å². The van der Waals surface area contributed by atoms with Crippen molar-refractivity contribution < 1.29 is 4.84 Å². The Morgan fingerprint density at radius 1 is 1.04 bits per heavy atom. The van der Waals surface area contributed by atoms with E-state index in [0.717, 1.165) is 26.1 Å². The maximum atomic E-state index is 5.84. The second kappa shape index (κ2) is 9.33. The Bertz CT molecular complexity index is 642. The van der Waals surface area contributed by atoms with Crippen molar-refractivity contribution in [3.8, 4) is 0 Å². The van der Waals surface area contributed by atoms with E-state index in [1.165, 1.54) is 16.7 Å². The summed E-state index contributed by atoms with van der Waals surface area (Å²) in [4.78, 5) is 8.24. The van der Waals surface area contributed by atoms with Crippen LogP contribution < -0.4 is 5.48 Å². The third kappa shape index (κ3) is 5.13. The Kier molecular flexibility index (Phi) is 6.57. The summed E-state index contributed by atoms with van der Waals surface area (Å²) < 4.78 is 0. The van der Waals surface area contributed by atoms with E-state index in [-0.39, 0.29) is 6.04 Å². The van der Waals surface area contributed by atoms with E-state index in [4.69, 9.17) is 4.84 Å². The van der Waals surface area contributed by atoms with Crippen LogP contribution in [0.3, 0.4) is 0 Å². The van der Waals surface area contributed by atoms with Crippen LogP contribution in [0.4, 0.5) is 0 Å². The number of rotatable bonds is 8. The summed E-state index contributed by atoms with van der Waals surface area (Å²) in [6.07, 6.45) is 5.31. The van der Waals surface area contributed by atoms with Crippen molar-refractivity contribution in [1.82, 2.24) is 10.4 Å². The summed E-state index contributed by atoms with van der Waals surface area (Å²) in [5, 5.41) is 0. The number of hydrogen-bond acceptors (Lipinski definition) is 3. The lowest BCUT2D eigenvalue weighted by molar-refractivity contribution is 0.0122. The van der Waals surface area contributed by atoms with Crippen LogP contribution >= 0.6 is 0 Å². The molecule has 2 aromatic rings. The van der Waals surface area contributed by atoms with E-state index >= 15 is 0 Å². The zero-order chi connectivity index (χ0) is 17.3. The van der Waals surface area contributed by atoms with Crippen molar-refractivity contribution in [3.05, 3.63) is 96.1 Å². The molecule has 25 heavy (non-hydrogen) atoms. The molecule has 0 saturated heterocycles. The number of nitrogens with one attached hydrogen (secondary N) is 1. The van der Waals surface area contributed by atoms with Crippen LogP contribution in [0, 0.1) is 0 Å². The van der Waals surface area contributed by atoms with Crippen molar-refractivity contribution in [1.29, 1.82) is 0 Å². The van der Waals surface area contributed by atoms with Gasteiger partial charge in [-0.15, -0.1) is 0 Å². The van der Waals surface area contributed by atoms with Crippen LogP contribution in [0.1, 0.15) is 23.6 Å². The van der Waals surface area contributed by atoms with Crippen LogP contribution in [0.5, 0.6) is 0 Å². The number of hydroxylamine groups is 1. The normalized spacial score (nSPS) is 15.2. The van der Waals surface area contributed by atoms with Gasteiger partial charge in [0.2, 0.25) is 0 Å². The molecule has 0 aromatic heterocycles. The highest BCUT2D eigenvalue weighted by atomic mass is 16.6. The molecular formula is C22H26N2O. The van der Waals surface area contributed by atoms with Gasteiger partial charge in [0.05, 0.1) is 12.6 Å². The summed E-state index contributed by atoms with van der Waals surface area (Å²) in [6, 6.07) is 20.8. The fraction of sp³-hybridized carbons (Fsp3) is 0.273. The molecule has 1 heterocycles. The molecule has 3 rings (SSSR count). The molecular weight excluding hydrogens is 308 g/mol. The van der Waals surface area contributed by atoms with E-state index < -0.39 is 0 Å². The van der Waals surface area contributed by atoms with E-state index in [1.807, 2.05) is 18.2 Å². The maximum absolute atomic E-state index is 5.84. The van der Waals surface area contributed by atoms with Crippen molar-refractivity contribution in [2.24, 2.45) is 0 Å². The lowest BCUT2D eigenvalue weighted by Crippen LogP contribution is -2.34. The molecule has 0 spiro atoms. The Morgan fingerprint density at radius 3 is 2.28 bits per heavy atom. The predicted octanol–water partition coefficient (Wildman–Crippen LogP) is 4.12. The molecule has 0 unspecified atom stereocenters. The summed E-state index contributed by atoms with van der Waals surface area (Å²) in [5.74, 6) is 0. The van der Waals surface area contributed by atoms with Gasteiger partial charge >= 0.3 is 0 Å². The molecule has 3 heteroatoms. The summed E-state index contributed by atoms with van der Waals surface area (Å²) in [6.45, 7) is 7.48. The zero-order valence-electron chi connectivity index (χ0n) is 14.6. The fourth-order valence-corrected chi connectivity index (χ4v) is 3.11. The van der Waals surface area contributed by atoms with Crippen LogP contribution in [-0.2, 0) is 4.84 Å². The van der Waals surface area contributed by atoms with E-state index in [1.54, 1.807) is 0 Å². The summed E-state index contributed by atoms with van der Waals surface area (Å²) in [5.41, 5.74) is 6.96. The quantitative estimate of drug-likeness (QED) is 0.581. The summed E-state index contributed by atoms with van der Waals surface area (Å²) in [7, 11) is 0. The molecule has 0 bridgehead atoms. The first kappa shape index (κ1) is 17.6. The minimum absolute atomic E-state index is 0.0346. The SMILES string of the molecule is C=CC1=CCCN(CCONC(c2ccccc2)c2ccccc2)C1. The van der Waals surface area contributed by atoms with E-state index in [0.29, 0.717) is 6.61 Å². The Labute approximate surface area is 150 Å². The van der Waals surface area contributed by atoms with Crippen molar-refractivity contribution in [2.75, 3.05) is 26.2 Å². The molecule has 130 valence electrons. The third-order valence-electron chi connectivity index (χ3n) is 4.50. The molecule has 0 amide bonds. The highest BCUT2D eigenvalue weighted by molar-refractivity contribution is 5.31. The molecule has 0 radical (unpaired) electrons. The minimum atomic E-state index is 0.0346. The van der Waals surface area contributed by atoms with Crippen molar-refractivity contribution in [3.63, 3.8) is 0 Å². The largest absolute Gasteiger partial charge is 0.300 e. The lowest BCUT2D eigenvalue weighted by atomic mass is 10.00. The van der Waals surface area contributed by atoms with E-state index in [9.17, 15) is 0 Å². The third-order valence-corrected chi connectivity index (χ3v) is 4.50. The Balaban J connectivity index is 1.55. The molecule has 0 aliphatic carbocycles. The van der Waals surface area contributed by atoms with Crippen molar-refractivity contribution in [2.45, 2.75) is 12.5 Å². The predicted molar refractivity (Wildman–Crippen MR) is 103 cm³/mol. The molecule has 1 aliphatic heterocycles. The highest BCUT2D eigenvalue weighted by Gasteiger charge is 2.14. The van der Waals surface area contributed by atoms with Gasteiger partial charge in [0.1, 0.15) is 0 Å². The summed E-state index contributed by atoms with van der Waals surface area (Å²) >= 11 is 0. The minimum Gasteiger partial charge on any atom is -0.300 e. The van der Waals surface area contributed by atoms with Crippen LogP contribution in [0.15, 0.2) is 85.0 Å². The lowest BCUT2D eigenvalue weighted by Gasteiger charge is -2.26. The Morgan fingerprint density at radius 2 is 1.68 bits per heavy atom. The van der Waals surface area contributed by atoms with Crippen LogP contribution in [0.25, 0.3) is 0 Å². The topological polar surface area (TPSA) is 24.5 Å². The molecule has 1 aliphatic rings. The van der Waals surface area contributed by atoms with Gasteiger partial charge in [0.25, 0.3) is 0 Å². The van der Waals surface area contributed by atoms with Crippen molar-refractivity contribution >= 4 is 0 Å². The molecule has 3 nitrogen and oxygen atoms in total. The Hall–Kier alpha value is -2.20. The second-order valence-corrected chi connectivity index (χ2v) is 6.27. The number of benzene rings is 2. The second-order valence-electron chi connectivity index (χ2n) is 6.27. The van der Waals surface area contributed by atoms with E-state index in [2.05, 4.69) is 71.6 Å². The number of hydrogen-bond donors (Lipinski definition) is 1. The molecule has 2 aromatic carbocycles. The standard InChI is InChI=1S/C22H26N2O/c1-2-19-10-9-15-24(18-19)16-17-25-23-22(20-11-5-3-6-12-20)21-13-7-4-8-14-21/h2-8,10-14,22-23H,1,9,15-18H2. The first-order valence-electron chi connectivity index (χ1n) is 8.88. The van der Waals surface area contributed by atoms with Gasteiger partial charge in [-0.3, -0.25) is 9.74 Å². The van der Waals surface area contributed by atoms with Crippen LogP contribution in [0.2, 0.25) is 0 Å². The van der Waals surface area contributed by atoms with Crippen LogP contribution in [-0.4, -0.2) is 31.1 Å².